The van der Waals surface area contributed by atoms with Gasteiger partial charge in [0.15, 0.2) is 0 Å². The Kier molecular flexibility index (Phi) is 7.17. The summed E-state index contributed by atoms with van der Waals surface area (Å²) in [5, 5.41) is 2.96. The predicted molar refractivity (Wildman–Crippen MR) is 96.8 cm³/mol. The zero-order valence-corrected chi connectivity index (χ0v) is 14.5. The molecule has 0 unspecified atom stereocenters. The van der Waals surface area contributed by atoms with Gasteiger partial charge in [0.2, 0.25) is 0 Å². The lowest BCUT2D eigenvalue weighted by molar-refractivity contribution is 0.0956. The summed E-state index contributed by atoms with van der Waals surface area (Å²) < 4.78 is 5.09. The average Bonchev–Trinajstić information content (AvgIpc) is 2.56. The lowest BCUT2D eigenvalue weighted by Gasteiger charge is -2.07. The number of amides is 1. The van der Waals surface area contributed by atoms with E-state index in [-0.39, 0.29) is 5.91 Å². The molecule has 0 radical (unpaired) electrons. The van der Waals surface area contributed by atoms with Gasteiger partial charge < -0.3 is 10.1 Å². The molecule has 0 aliphatic rings. The van der Waals surface area contributed by atoms with Gasteiger partial charge in [0, 0.05) is 30.7 Å². The van der Waals surface area contributed by atoms with E-state index in [1.54, 1.807) is 7.11 Å². The van der Waals surface area contributed by atoms with Crippen LogP contribution in [0.5, 0.6) is 0 Å². The van der Waals surface area contributed by atoms with E-state index in [0.29, 0.717) is 18.7 Å². The topological polar surface area (TPSA) is 38.3 Å². The van der Waals surface area contributed by atoms with Crippen molar-refractivity contribution < 1.29 is 9.53 Å². The molecule has 0 aliphatic carbocycles. The number of carbonyl (C=O) groups excluding carboxylic acids is 1. The Morgan fingerprint density at radius 3 is 2.65 bits per heavy atom. The number of rotatable bonds is 8. The summed E-state index contributed by atoms with van der Waals surface area (Å²) in [6.07, 6.45) is 0. The van der Waals surface area contributed by atoms with Crippen molar-refractivity contribution in [2.24, 2.45) is 0 Å². The summed E-state index contributed by atoms with van der Waals surface area (Å²) in [4.78, 5) is 12.1. The maximum absolute atomic E-state index is 12.1. The molecule has 2 rings (SSSR count). The highest BCUT2D eigenvalue weighted by molar-refractivity contribution is 7.98. The molecule has 2 aromatic carbocycles. The average molecular weight is 329 g/mol. The molecule has 0 aromatic heterocycles. The number of aryl methyl sites for hydroxylation is 1. The van der Waals surface area contributed by atoms with Crippen LogP contribution in [-0.4, -0.2) is 25.3 Å². The van der Waals surface area contributed by atoms with E-state index in [0.717, 1.165) is 17.1 Å². The van der Waals surface area contributed by atoms with Crippen molar-refractivity contribution in [2.75, 3.05) is 19.4 Å². The lowest BCUT2D eigenvalue weighted by Crippen LogP contribution is -2.25. The van der Waals surface area contributed by atoms with Crippen LogP contribution in [0.4, 0.5) is 0 Å². The minimum atomic E-state index is -0.0288. The van der Waals surface area contributed by atoms with E-state index < -0.39 is 0 Å². The SMILES string of the molecule is COCc1cccc(C(=O)NCCSCc2ccc(C)cc2)c1. The highest BCUT2D eigenvalue weighted by Crippen LogP contribution is 2.12. The van der Waals surface area contributed by atoms with Crippen LogP contribution < -0.4 is 5.32 Å². The lowest BCUT2D eigenvalue weighted by atomic mass is 10.1. The van der Waals surface area contributed by atoms with Crippen LogP contribution in [-0.2, 0) is 17.1 Å². The minimum absolute atomic E-state index is 0.0288. The maximum Gasteiger partial charge on any atom is 0.251 e. The Morgan fingerprint density at radius 2 is 1.91 bits per heavy atom. The van der Waals surface area contributed by atoms with Gasteiger partial charge in [-0.3, -0.25) is 4.79 Å². The molecule has 4 heteroatoms. The number of carbonyl (C=O) groups is 1. The van der Waals surface area contributed by atoms with Gasteiger partial charge in [0.05, 0.1) is 6.61 Å². The molecule has 0 atom stereocenters. The molecule has 23 heavy (non-hydrogen) atoms. The van der Waals surface area contributed by atoms with Gasteiger partial charge in [0.1, 0.15) is 0 Å². The van der Waals surface area contributed by atoms with E-state index in [1.807, 2.05) is 36.0 Å². The molecule has 0 spiro atoms. The largest absolute Gasteiger partial charge is 0.380 e. The van der Waals surface area contributed by atoms with Crippen molar-refractivity contribution in [2.45, 2.75) is 19.3 Å². The van der Waals surface area contributed by atoms with Gasteiger partial charge in [-0.15, -0.1) is 0 Å². The first-order chi connectivity index (χ1) is 11.2. The zero-order chi connectivity index (χ0) is 16.5. The van der Waals surface area contributed by atoms with Crippen LogP contribution in [0.1, 0.15) is 27.0 Å². The Hall–Kier alpha value is -1.78. The van der Waals surface area contributed by atoms with Gasteiger partial charge in [-0.2, -0.15) is 11.8 Å². The fourth-order valence-electron chi connectivity index (χ4n) is 2.18. The summed E-state index contributed by atoms with van der Waals surface area (Å²) in [6.45, 7) is 3.28. The fraction of sp³-hybridized carbons (Fsp3) is 0.316. The first kappa shape index (κ1) is 17.6. The molecule has 2 aromatic rings. The molecule has 0 bridgehead atoms. The second kappa shape index (κ2) is 9.38. The van der Waals surface area contributed by atoms with Crippen molar-refractivity contribution in [3.05, 3.63) is 70.8 Å². The molecule has 122 valence electrons. The van der Waals surface area contributed by atoms with Crippen LogP contribution in [0.15, 0.2) is 48.5 Å². The second-order valence-corrected chi connectivity index (χ2v) is 6.53. The molecule has 0 heterocycles. The predicted octanol–water partition coefficient (Wildman–Crippen LogP) is 3.80. The van der Waals surface area contributed by atoms with E-state index in [4.69, 9.17) is 4.74 Å². The Labute approximate surface area is 142 Å². The fourth-order valence-corrected chi connectivity index (χ4v) is 3.00. The summed E-state index contributed by atoms with van der Waals surface area (Å²) in [6, 6.07) is 16.1. The summed E-state index contributed by atoms with van der Waals surface area (Å²) >= 11 is 1.83. The molecule has 0 saturated carbocycles. The highest BCUT2D eigenvalue weighted by Gasteiger charge is 2.05. The third-order valence-corrected chi connectivity index (χ3v) is 4.45. The molecule has 0 aliphatic heterocycles. The van der Waals surface area contributed by atoms with Crippen LogP contribution in [0.25, 0.3) is 0 Å². The summed E-state index contributed by atoms with van der Waals surface area (Å²) in [5.41, 5.74) is 4.29. The maximum atomic E-state index is 12.1. The van der Waals surface area contributed by atoms with Crippen LogP contribution in [0.3, 0.4) is 0 Å². The molecular formula is C19H23NO2S. The Balaban J connectivity index is 1.70. The van der Waals surface area contributed by atoms with Crippen molar-refractivity contribution in [3.8, 4) is 0 Å². The van der Waals surface area contributed by atoms with Crippen molar-refractivity contribution in [1.82, 2.24) is 5.32 Å². The molecular weight excluding hydrogens is 306 g/mol. The quantitative estimate of drug-likeness (QED) is 0.749. The van der Waals surface area contributed by atoms with Gasteiger partial charge >= 0.3 is 0 Å². The van der Waals surface area contributed by atoms with Gasteiger partial charge in [-0.05, 0) is 30.2 Å². The van der Waals surface area contributed by atoms with Crippen molar-refractivity contribution >= 4 is 17.7 Å². The number of ether oxygens (including phenoxy) is 1. The normalized spacial score (nSPS) is 10.5. The van der Waals surface area contributed by atoms with Crippen LogP contribution >= 0.6 is 11.8 Å². The van der Waals surface area contributed by atoms with Crippen LogP contribution in [0, 0.1) is 6.92 Å². The van der Waals surface area contributed by atoms with Gasteiger partial charge in [0.25, 0.3) is 5.91 Å². The molecule has 0 saturated heterocycles. The van der Waals surface area contributed by atoms with Gasteiger partial charge in [-0.25, -0.2) is 0 Å². The van der Waals surface area contributed by atoms with E-state index >= 15 is 0 Å². The van der Waals surface area contributed by atoms with Crippen molar-refractivity contribution in [1.29, 1.82) is 0 Å². The Morgan fingerprint density at radius 1 is 1.13 bits per heavy atom. The number of nitrogens with one attached hydrogen (secondary N) is 1. The van der Waals surface area contributed by atoms with Crippen molar-refractivity contribution in [3.63, 3.8) is 0 Å². The highest BCUT2D eigenvalue weighted by atomic mass is 32.2. The summed E-state index contributed by atoms with van der Waals surface area (Å²) in [5.74, 6) is 1.84. The second-order valence-electron chi connectivity index (χ2n) is 5.43. The Bertz CT molecular complexity index is 626. The first-order valence-corrected chi connectivity index (χ1v) is 8.84. The molecule has 3 nitrogen and oxygen atoms in total. The third-order valence-electron chi connectivity index (χ3n) is 3.42. The van der Waals surface area contributed by atoms with Crippen LogP contribution in [0.2, 0.25) is 0 Å². The smallest absolute Gasteiger partial charge is 0.251 e. The van der Waals surface area contributed by atoms with E-state index in [1.165, 1.54) is 11.1 Å². The number of methoxy groups -OCH3 is 1. The monoisotopic (exact) mass is 329 g/mol. The van der Waals surface area contributed by atoms with Gasteiger partial charge in [-0.1, -0.05) is 42.0 Å². The summed E-state index contributed by atoms with van der Waals surface area (Å²) in [7, 11) is 1.65. The van der Waals surface area contributed by atoms with E-state index in [9.17, 15) is 4.79 Å². The molecule has 1 N–H and O–H groups in total. The minimum Gasteiger partial charge on any atom is -0.380 e. The zero-order valence-electron chi connectivity index (χ0n) is 13.7. The number of benzene rings is 2. The standard InChI is InChI=1S/C19H23NO2S/c1-15-6-8-16(9-7-15)14-23-11-10-20-19(21)18-5-3-4-17(12-18)13-22-2/h3-9,12H,10-11,13-14H2,1-2H3,(H,20,21). The molecule has 1 amide bonds. The number of hydrogen-bond donors (Lipinski definition) is 1. The first-order valence-electron chi connectivity index (χ1n) is 7.68. The van der Waals surface area contributed by atoms with E-state index in [2.05, 4.69) is 36.5 Å². The number of hydrogen-bond acceptors (Lipinski definition) is 3. The number of thioether (sulfide) groups is 1. The molecule has 0 fully saturated rings. The third kappa shape index (κ3) is 6.08.